The van der Waals surface area contributed by atoms with Crippen molar-refractivity contribution in [1.29, 1.82) is 0 Å². The molecule has 0 aliphatic heterocycles. The van der Waals surface area contributed by atoms with Crippen molar-refractivity contribution in [3.8, 4) is 17.2 Å². The molecule has 1 aliphatic rings. The number of nitrogens with two attached hydrogens (primary N) is 1. The molecule has 106 valence electrons. The number of phenols is 1. The van der Waals surface area contributed by atoms with Crippen LogP contribution in [0.1, 0.15) is 44.3 Å². The van der Waals surface area contributed by atoms with Crippen LogP contribution in [-0.2, 0) is 0 Å². The van der Waals surface area contributed by atoms with Crippen molar-refractivity contribution >= 4 is 5.69 Å². The van der Waals surface area contributed by atoms with Gasteiger partial charge in [0.25, 0.3) is 5.89 Å². The van der Waals surface area contributed by atoms with Gasteiger partial charge in [-0.2, -0.15) is 4.98 Å². The second-order valence-electron chi connectivity index (χ2n) is 5.52. The highest BCUT2D eigenvalue weighted by molar-refractivity contribution is 5.63. The van der Waals surface area contributed by atoms with Crippen LogP contribution < -0.4 is 5.73 Å². The minimum atomic E-state index is 0.0363. The first-order valence-corrected chi connectivity index (χ1v) is 7.09. The van der Waals surface area contributed by atoms with Gasteiger partial charge in [0.05, 0.1) is 5.69 Å². The molecule has 0 radical (unpaired) electrons. The van der Waals surface area contributed by atoms with Crippen LogP contribution in [0.25, 0.3) is 11.5 Å². The largest absolute Gasteiger partial charge is 0.506 e. The minimum Gasteiger partial charge on any atom is -0.506 e. The Morgan fingerprint density at radius 1 is 1.40 bits per heavy atom. The van der Waals surface area contributed by atoms with E-state index in [1.165, 1.54) is 12.8 Å². The summed E-state index contributed by atoms with van der Waals surface area (Å²) in [4.78, 5) is 4.47. The predicted molar refractivity (Wildman–Crippen MR) is 76.2 cm³/mol. The van der Waals surface area contributed by atoms with Crippen molar-refractivity contribution in [2.24, 2.45) is 5.92 Å². The number of aromatic hydroxyl groups is 1. The monoisotopic (exact) mass is 273 g/mol. The molecule has 1 aromatic heterocycles. The SMILES string of the molecule is CCC1CCC(c2noc(-c3ccc(N)c(O)c3)n2)C1. The maximum Gasteiger partial charge on any atom is 0.258 e. The zero-order valence-corrected chi connectivity index (χ0v) is 11.5. The fourth-order valence-electron chi connectivity index (χ4n) is 2.87. The number of hydrogen-bond donors (Lipinski definition) is 2. The van der Waals surface area contributed by atoms with Crippen LogP contribution in [0.4, 0.5) is 5.69 Å². The normalized spacial score (nSPS) is 22.2. The maximum atomic E-state index is 9.63. The molecule has 1 saturated carbocycles. The Balaban J connectivity index is 1.81. The lowest BCUT2D eigenvalue weighted by atomic mass is 10.0. The van der Waals surface area contributed by atoms with Crippen molar-refractivity contribution in [3.05, 3.63) is 24.0 Å². The van der Waals surface area contributed by atoms with Crippen LogP contribution in [0, 0.1) is 5.92 Å². The molecule has 5 heteroatoms. The number of aromatic nitrogens is 2. The molecule has 5 nitrogen and oxygen atoms in total. The van der Waals surface area contributed by atoms with Gasteiger partial charge in [0.1, 0.15) is 5.75 Å². The maximum absolute atomic E-state index is 9.63. The number of nitrogens with zero attached hydrogens (tertiary/aromatic N) is 2. The predicted octanol–water partition coefficient (Wildman–Crippen LogP) is 3.32. The van der Waals surface area contributed by atoms with E-state index in [4.69, 9.17) is 10.3 Å². The fraction of sp³-hybridized carbons (Fsp3) is 0.467. The highest BCUT2D eigenvalue weighted by Gasteiger charge is 2.28. The van der Waals surface area contributed by atoms with E-state index in [1.54, 1.807) is 18.2 Å². The van der Waals surface area contributed by atoms with Gasteiger partial charge in [0, 0.05) is 11.5 Å². The van der Waals surface area contributed by atoms with Gasteiger partial charge in [-0.05, 0) is 43.4 Å². The van der Waals surface area contributed by atoms with Crippen LogP contribution in [0.3, 0.4) is 0 Å². The topological polar surface area (TPSA) is 85.2 Å². The van der Waals surface area contributed by atoms with Gasteiger partial charge in [-0.3, -0.25) is 0 Å². The number of hydrogen-bond acceptors (Lipinski definition) is 5. The molecule has 2 unspecified atom stereocenters. The van der Waals surface area contributed by atoms with Crippen LogP contribution in [-0.4, -0.2) is 15.2 Å². The number of phenolic OH excluding ortho intramolecular Hbond substituents is 1. The smallest absolute Gasteiger partial charge is 0.258 e. The van der Waals surface area contributed by atoms with Gasteiger partial charge in [-0.15, -0.1) is 0 Å². The summed E-state index contributed by atoms with van der Waals surface area (Å²) in [7, 11) is 0. The Morgan fingerprint density at radius 2 is 2.25 bits per heavy atom. The Bertz CT molecular complexity index is 609. The lowest BCUT2D eigenvalue weighted by Gasteiger charge is -2.04. The molecule has 2 atom stereocenters. The third-order valence-corrected chi connectivity index (χ3v) is 4.20. The summed E-state index contributed by atoms with van der Waals surface area (Å²) < 4.78 is 5.31. The average Bonchev–Trinajstić information content (AvgIpc) is 3.09. The second-order valence-corrected chi connectivity index (χ2v) is 5.52. The van der Waals surface area contributed by atoms with Crippen LogP contribution in [0.2, 0.25) is 0 Å². The first-order valence-electron chi connectivity index (χ1n) is 7.09. The van der Waals surface area contributed by atoms with Gasteiger partial charge >= 0.3 is 0 Å². The molecule has 1 fully saturated rings. The number of rotatable bonds is 3. The van der Waals surface area contributed by atoms with E-state index in [9.17, 15) is 5.11 Å². The highest BCUT2D eigenvalue weighted by atomic mass is 16.5. The average molecular weight is 273 g/mol. The van der Waals surface area contributed by atoms with Crippen molar-refractivity contribution in [2.45, 2.75) is 38.5 Å². The van der Waals surface area contributed by atoms with E-state index in [0.29, 0.717) is 23.1 Å². The van der Waals surface area contributed by atoms with E-state index in [-0.39, 0.29) is 5.75 Å². The molecule has 1 heterocycles. The van der Waals surface area contributed by atoms with Gasteiger partial charge in [0.15, 0.2) is 5.82 Å². The molecule has 3 rings (SSSR count). The van der Waals surface area contributed by atoms with E-state index in [2.05, 4.69) is 17.1 Å². The summed E-state index contributed by atoms with van der Waals surface area (Å²) in [5.41, 5.74) is 6.62. The van der Waals surface area contributed by atoms with E-state index < -0.39 is 0 Å². The van der Waals surface area contributed by atoms with Crippen molar-refractivity contribution < 1.29 is 9.63 Å². The zero-order valence-electron chi connectivity index (χ0n) is 11.5. The van der Waals surface area contributed by atoms with E-state index in [1.807, 2.05) is 0 Å². The summed E-state index contributed by atoms with van der Waals surface area (Å²) in [6.45, 7) is 2.23. The number of anilines is 1. The van der Waals surface area contributed by atoms with Crippen LogP contribution >= 0.6 is 0 Å². The molecule has 20 heavy (non-hydrogen) atoms. The van der Waals surface area contributed by atoms with E-state index in [0.717, 1.165) is 24.6 Å². The molecular formula is C15H19N3O2. The third kappa shape index (κ3) is 2.35. The molecule has 1 aliphatic carbocycles. The van der Waals surface area contributed by atoms with Gasteiger partial charge in [-0.25, -0.2) is 0 Å². The molecule has 3 N–H and O–H groups in total. The lowest BCUT2D eigenvalue weighted by molar-refractivity contribution is 0.413. The Kier molecular flexibility index (Phi) is 3.34. The molecule has 2 aromatic rings. The number of nitrogen functional groups attached to an aromatic ring is 1. The molecule has 0 spiro atoms. The highest BCUT2D eigenvalue weighted by Crippen LogP contribution is 2.39. The first-order chi connectivity index (χ1) is 9.67. The van der Waals surface area contributed by atoms with Gasteiger partial charge in [-0.1, -0.05) is 18.5 Å². The van der Waals surface area contributed by atoms with Crippen molar-refractivity contribution in [2.75, 3.05) is 5.73 Å². The Hall–Kier alpha value is -2.04. The summed E-state index contributed by atoms with van der Waals surface area (Å²) in [6.07, 6.45) is 4.73. The first kappa shape index (κ1) is 13.0. The Labute approximate surface area is 117 Å². The molecule has 0 saturated heterocycles. The standard InChI is InChI=1S/C15H19N3O2/c1-2-9-3-4-10(7-9)14-17-15(20-18-14)11-5-6-12(16)13(19)8-11/h5-6,8-10,19H,2-4,7,16H2,1H3. The number of benzene rings is 1. The van der Waals surface area contributed by atoms with Gasteiger partial charge < -0.3 is 15.4 Å². The van der Waals surface area contributed by atoms with Crippen molar-refractivity contribution in [1.82, 2.24) is 10.1 Å². The quantitative estimate of drug-likeness (QED) is 0.662. The van der Waals surface area contributed by atoms with E-state index >= 15 is 0 Å². The summed E-state index contributed by atoms with van der Waals surface area (Å²) in [5.74, 6) is 2.44. The second kappa shape index (κ2) is 5.15. The zero-order chi connectivity index (χ0) is 14.1. The minimum absolute atomic E-state index is 0.0363. The van der Waals surface area contributed by atoms with Crippen LogP contribution in [0.5, 0.6) is 5.75 Å². The van der Waals surface area contributed by atoms with Crippen LogP contribution in [0.15, 0.2) is 22.7 Å². The molecule has 0 bridgehead atoms. The van der Waals surface area contributed by atoms with Gasteiger partial charge in [0.2, 0.25) is 0 Å². The molecule has 1 aromatic carbocycles. The summed E-state index contributed by atoms with van der Waals surface area (Å²) in [6, 6.07) is 4.96. The third-order valence-electron chi connectivity index (χ3n) is 4.20. The van der Waals surface area contributed by atoms with Crippen molar-refractivity contribution in [3.63, 3.8) is 0 Å². The summed E-state index contributed by atoms with van der Waals surface area (Å²) >= 11 is 0. The lowest BCUT2D eigenvalue weighted by Crippen LogP contribution is -1.97. The molecular weight excluding hydrogens is 254 g/mol. The Morgan fingerprint density at radius 3 is 2.95 bits per heavy atom. The molecule has 0 amide bonds. The summed E-state index contributed by atoms with van der Waals surface area (Å²) in [5, 5.41) is 13.7. The fourth-order valence-corrected chi connectivity index (χ4v) is 2.87.